The first kappa shape index (κ1) is 25.1. The van der Waals surface area contributed by atoms with Crippen LogP contribution in [0.1, 0.15) is 84.0 Å². The standard InChI is InChI=1S/C32H41NO4/c1-18(2)7-8-19-9-10-24-21(15-19)22-16-20-11-14-32(36)23-17-25(34)28(29(3,4)35)37-26(23)12-13-30(32,5)31(20,6)27(22)33-24/h7,9-10,15,17,20,26,28,33,35-36H,8,11-14,16H2,1-6H3/t20-,26?,28-,30+,31+,32+/m0/s1. The van der Waals surface area contributed by atoms with Crippen LogP contribution in [0.5, 0.6) is 0 Å². The molecule has 5 nitrogen and oxygen atoms in total. The maximum absolute atomic E-state index is 13.1. The highest BCUT2D eigenvalue weighted by Gasteiger charge is 2.70. The zero-order valence-corrected chi connectivity index (χ0v) is 23.1. The summed E-state index contributed by atoms with van der Waals surface area (Å²) in [6.45, 7) is 12.1. The number of nitrogens with one attached hydrogen (secondary N) is 1. The van der Waals surface area contributed by atoms with Gasteiger partial charge in [0.25, 0.3) is 0 Å². The van der Waals surface area contributed by atoms with Crippen LogP contribution in [0.15, 0.2) is 41.5 Å². The summed E-state index contributed by atoms with van der Waals surface area (Å²) in [6.07, 6.45) is 7.67. The molecule has 0 radical (unpaired) electrons. The van der Waals surface area contributed by atoms with E-state index < -0.39 is 22.7 Å². The number of rotatable bonds is 3. The quantitative estimate of drug-likeness (QED) is 0.486. The Morgan fingerprint density at radius 1 is 1.22 bits per heavy atom. The van der Waals surface area contributed by atoms with Crippen LogP contribution in [0.25, 0.3) is 10.9 Å². The van der Waals surface area contributed by atoms with E-state index in [2.05, 4.69) is 57.0 Å². The van der Waals surface area contributed by atoms with Gasteiger partial charge in [0, 0.05) is 27.4 Å². The molecule has 1 aliphatic heterocycles. The summed E-state index contributed by atoms with van der Waals surface area (Å²) in [6, 6.07) is 6.77. The summed E-state index contributed by atoms with van der Waals surface area (Å²) in [5, 5.41) is 24.4. The Kier molecular flexibility index (Phi) is 5.36. The number of carbonyl (C=O) groups excluding carboxylic acids is 1. The molecule has 1 aromatic carbocycles. The Bertz CT molecular complexity index is 1350. The van der Waals surface area contributed by atoms with Crippen LogP contribution < -0.4 is 0 Å². The molecule has 2 heterocycles. The smallest absolute Gasteiger partial charge is 0.187 e. The van der Waals surface area contributed by atoms with Gasteiger partial charge in [0.2, 0.25) is 0 Å². The Balaban J connectivity index is 1.44. The molecule has 2 fully saturated rings. The molecule has 2 saturated carbocycles. The maximum Gasteiger partial charge on any atom is 0.187 e. The van der Waals surface area contributed by atoms with Crippen molar-refractivity contribution in [1.29, 1.82) is 0 Å². The van der Waals surface area contributed by atoms with E-state index in [1.165, 1.54) is 33.3 Å². The van der Waals surface area contributed by atoms with Gasteiger partial charge in [0.15, 0.2) is 5.78 Å². The first-order valence-corrected chi connectivity index (χ1v) is 13.9. The Hall–Kier alpha value is -2.21. The lowest BCUT2D eigenvalue weighted by molar-refractivity contribution is -0.195. The van der Waals surface area contributed by atoms with Crippen LogP contribution in [0.3, 0.4) is 0 Å². The number of ether oxygens (including phenoxy) is 1. The van der Waals surface area contributed by atoms with Gasteiger partial charge < -0.3 is 19.9 Å². The first-order chi connectivity index (χ1) is 17.3. The van der Waals surface area contributed by atoms with E-state index in [1.54, 1.807) is 19.9 Å². The van der Waals surface area contributed by atoms with Crippen molar-refractivity contribution in [3.8, 4) is 0 Å². The summed E-state index contributed by atoms with van der Waals surface area (Å²) >= 11 is 0. The van der Waals surface area contributed by atoms with Crippen molar-refractivity contribution >= 4 is 16.7 Å². The molecule has 2 aromatic rings. The van der Waals surface area contributed by atoms with E-state index in [1.807, 2.05) is 0 Å². The zero-order valence-electron chi connectivity index (χ0n) is 23.1. The molecule has 6 rings (SSSR count). The normalized spacial score (nSPS) is 36.9. The van der Waals surface area contributed by atoms with Gasteiger partial charge in [-0.05, 0) is 107 Å². The summed E-state index contributed by atoms with van der Waals surface area (Å²) in [5.41, 5.74) is 4.11. The fraction of sp³-hybridized carbons (Fsp3) is 0.594. The molecule has 5 heteroatoms. The van der Waals surface area contributed by atoms with Gasteiger partial charge in [-0.25, -0.2) is 0 Å². The molecule has 0 bridgehead atoms. The predicted octanol–water partition coefficient (Wildman–Crippen LogP) is 5.47. The minimum Gasteiger partial charge on any atom is -0.387 e. The second-order valence-corrected chi connectivity index (χ2v) is 13.4. The van der Waals surface area contributed by atoms with Crippen molar-refractivity contribution in [2.45, 2.75) is 109 Å². The van der Waals surface area contributed by atoms with E-state index in [0.717, 1.165) is 37.7 Å². The monoisotopic (exact) mass is 503 g/mol. The SMILES string of the molecule is CC(C)=CCc1ccc2[nH]c3c(c2c1)C[C@@H]1CC[C@@]2(O)C4=CC(=O)[C@@H](C(C)(C)O)OC4CC[C@]2(C)[C@@]31C. The molecule has 198 valence electrons. The third-order valence-corrected chi connectivity index (χ3v) is 10.6. The van der Waals surface area contributed by atoms with Gasteiger partial charge in [0.1, 0.15) is 6.10 Å². The summed E-state index contributed by atoms with van der Waals surface area (Å²) < 4.78 is 6.20. The number of allylic oxidation sites excluding steroid dienone is 2. The number of aromatic nitrogens is 1. The third-order valence-electron chi connectivity index (χ3n) is 10.6. The number of aliphatic hydroxyl groups is 2. The highest BCUT2D eigenvalue weighted by Crippen LogP contribution is 2.69. The molecule has 1 unspecified atom stereocenters. The van der Waals surface area contributed by atoms with Gasteiger partial charge in [-0.1, -0.05) is 31.6 Å². The maximum atomic E-state index is 13.1. The minimum absolute atomic E-state index is 0.245. The highest BCUT2D eigenvalue weighted by molar-refractivity contribution is 5.96. The lowest BCUT2D eigenvalue weighted by atomic mass is 9.42. The van der Waals surface area contributed by atoms with Crippen LogP contribution in [0.4, 0.5) is 0 Å². The summed E-state index contributed by atoms with van der Waals surface area (Å²) in [7, 11) is 0. The zero-order chi connectivity index (χ0) is 26.5. The van der Waals surface area contributed by atoms with Gasteiger partial charge >= 0.3 is 0 Å². The summed E-state index contributed by atoms with van der Waals surface area (Å²) in [5.74, 6) is 0.191. The van der Waals surface area contributed by atoms with Crippen molar-refractivity contribution < 1.29 is 19.7 Å². The van der Waals surface area contributed by atoms with E-state index in [-0.39, 0.29) is 17.3 Å². The Morgan fingerprint density at radius 3 is 2.68 bits per heavy atom. The molecule has 6 atom stereocenters. The largest absolute Gasteiger partial charge is 0.387 e. The number of aromatic amines is 1. The minimum atomic E-state index is -1.26. The fourth-order valence-electron chi connectivity index (χ4n) is 8.36. The van der Waals surface area contributed by atoms with E-state index in [4.69, 9.17) is 4.74 Å². The fourth-order valence-corrected chi connectivity index (χ4v) is 8.36. The molecule has 3 N–H and O–H groups in total. The van der Waals surface area contributed by atoms with Crippen molar-refractivity contribution in [2.24, 2.45) is 11.3 Å². The third kappa shape index (κ3) is 3.30. The highest BCUT2D eigenvalue weighted by atomic mass is 16.5. The van der Waals surface area contributed by atoms with E-state index in [0.29, 0.717) is 12.3 Å². The molecular weight excluding hydrogens is 462 g/mol. The van der Waals surface area contributed by atoms with Gasteiger partial charge in [0.05, 0.1) is 17.3 Å². The second-order valence-electron chi connectivity index (χ2n) is 13.4. The van der Waals surface area contributed by atoms with Crippen molar-refractivity contribution in [2.75, 3.05) is 0 Å². The topological polar surface area (TPSA) is 82.5 Å². The lowest BCUT2D eigenvalue weighted by Crippen LogP contribution is -2.68. The van der Waals surface area contributed by atoms with Crippen LogP contribution in [-0.2, 0) is 27.8 Å². The number of hydrogen-bond acceptors (Lipinski definition) is 4. The van der Waals surface area contributed by atoms with Crippen LogP contribution >= 0.6 is 0 Å². The van der Waals surface area contributed by atoms with Crippen LogP contribution in [0.2, 0.25) is 0 Å². The molecule has 37 heavy (non-hydrogen) atoms. The second kappa shape index (κ2) is 7.91. The van der Waals surface area contributed by atoms with Crippen LogP contribution in [-0.4, -0.2) is 44.4 Å². The number of benzene rings is 1. The van der Waals surface area contributed by atoms with Gasteiger partial charge in [-0.15, -0.1) is 0 Å². The molecule has 0 spiro atoms. The number of fused-ring (bicyclic) bond motifs is 9. The number of H-pyrrole nitrogens is 1. The average molecular weight is 504 g/mol. The molecule has 1 aromatic heterocycles. The summed E-state index contributed by atoms with van der Waals surface area (Å²) in [4.78, 5) is 16.9. The molecular formula is C32H41NO4. The van der Waals surface area contributed by atoms with Crippen molar-refractivity contribution in [1.82, 2.24) is 4.98 Å². The van der Waals surface area contributed by atoms with E-state index in [9.17, 15) is 15.0 Å². The van der Waals surface area contributed by atoms with E-state index >= 15 is 0 Å². The molecule has 0 saturated heterocycles. The van der Waals surface area contributed by atoms with Gasteiger partial charge in [-0.3, -0.25) is 4.79 Å². The Morgan fingerprint density at radius 2 is 1.97 bits per heavy atom. The lowest BCUT2D eigenvalue weighted by Gasteiger charge is -2.64. The number of carbonyl (C=O) groups is 1. The predicted molar refractivity (Wildman–Crippen MR) is 146 cm³/mol. The average Bonchev–Trinajstić information content (AvgIpc) is 3.33. The molecule has 4 aliphatic rings. The molecule has 3 aliphatic carbocycles. The number of hydrogen-bond donors (Lipinski definition) is 3. The van der Waals surface area contributed by atoms with Crippen molar-refractivity contribution in [3.63, 3.8) is 0 Å². The first-order valence-electron chi connectivity index (χ1n) is 13.9. The van der Waals surface area contributed by atoms with Crippen molar-refractivity contribution in [3.05, 3.63) is 58.3 Å². The Labute approximate surface area is 220 Å². The van der Waals surface area contributed by atoms with Gasteiger partial charge in [-0.2, -0.15) is 0 Å². The van der Waals surface area contributed by atoms with Crippen LogP contribution in [0, 0.1) is 11.3 Å². The number of ketones is 1. The molecule has 0 amide bonds.